The van der Waals surface area contributed by atoms with E-state index in [1.807, 2.05) is 0 Å². The molecule has 2 fully saturated rings. The summed E-state index contributed by atoms with van der Waals surface area (Å²) in [5, 5.41) is 6.95. The first-order valence-electron chi connectivity index (χ1n) is 6.66. The number of nitrogens with one attached hydrogen (secondary N) is 2. The van der Waals surface area contributed by atoms with Crippen molar-refractivity contribution in [2.24, 2.45) is 0 Å². The van der Waals surface area contributed by atoms with Crippen LogP contribution in [-0.4, -0.2) is 25.2 Å². The van der Waals surface area contributed by atoms with Crippen LogP contribution in [0.3, 0.4) is 0 Å². The molecule has 2 unspecified atom stereocenters. The lowest BCUT2D eigenvalue weighted by Gasteiger charge is -2.24. The summed E-state index contributed by atoms with van der Waals surface area (Å²) in [4.78, 5) is 0. The molecule has 0 spiro atoms. The van der Waals surface area contributed by atoms with Crippen LogP contribution in [0.1, 0.15) is 30.7 Å². The molecular weight excluding hydrogens is 234 g/mol. The van der Waals surface area contributed by atoms with E-state index in [0.717, 1.165) is 37.9 Å². The van der Waals surface area contributed by atoms with Crippen LogP contribution in [0.4, 0.5) is 8.78 Å². The Bertz CT molecular complexity index is 430. The third-order valence-corrected chi connectivity index (χ3v) is 3.95. The Morgan fingerprint density at radius 1 is 1.11 bits per heavy atom. The largest absolute Gasteiger partial charge is 0.317 e. The summed E-state index contributed by atoms with van der Waals surface area (Å²) in [7, 11) is 0. The van der Waals surface area contributed by atoms with Gasteiger partial charge in [0.15, 0.2) is 11.6 Å². The van der Waals surface area contributed by atoms with Crippen LogP contribution >= 0.6 is 0 Å². The molecule has 2 atom stereocenters. The van der Waals surface area contributed by atoms with Gasteiger partial charge in [0.05, 0.1) is 0 Å². The first-order chi connectivity index (χ1) is 8.74. The van der Waals surface area contributed by atoms with Gasteiger partial charge in [0, 0.05) is 18.0 Å². The van der Waals surface area contributed by atoms with E-state index in [1.165, 1.54) is 12.1 Å². The van der Waals surface area contributed by atoms with Crippen molar-refractivity contribution in [3.8, 4) is 0 Å². The molecule has 98 valence electrons. The fourth-order valence-corrected chi connectivity index (χ4v) is 2.78. The zero-order chi connectivity index (χ0) is 12.5. The predicted octanol–water partition coefficient (Wildman–Crippen LogP) is 2.16. The molecule has 1 saturated heterocycles. The molecule has 0 bridgehead atoms. The quantitative estimate of drug-likeness (QED) is 0.861. The molecule has 1 aliphatic heterocycles. The van der Waals surface area contributed by atoms with E-state index in [9.17, 15) is 8.78 Å². The van der Waals surface area contributed by atoms with Gasteiger partial charge in [-0.15, -0.1) is 0 Å². The van der Waals surface area contributed by atoms with Crippen LogP contribution in [0.2, 0.25) is 0 Å². The van der Waals surface area contributed by atoms with Crippen LogP contribution in [0.15, 0.2) is 18.2 Å². The lowest BCUT2D eigenvalue weighted by Crippen LogP contribution is -2.41. The number of halogens is 2. The zero-order valence-electron chi connectivity index (χ0n) is 10.3. The van der Waals surface area contributed by atoms with E-state index in [1.54, 1.807) is 6.07 Å². The highest BCUT2D eigenvalue weighted by atomic mass is 19.2. The first-order valence-corrected chi connectivity index (χ1v) is 6.66. The van der Waals surface area contributed by atoms with E-state index in [-0.39, 0.29) is 0 Å². The van der Waals surface area contributed by atoms with Gasteiger partial charge in [0.25, 0.3) is 0 Å². The summed E-state index contributed by atoms with van der Waals surface area (Å²) in [5.74, 6) is -1.14. The number of hydrogen-bond acceptors (Lipinski definition) is 2. The monoisotopic (exact) mass is 252 g/mol. The lowest BCUT2D eigenvalue weighted by molar-refractivity contribution is 0.383. The van der Waals surface area contributed by atoms with Crippen molar-refractivity contribution in [1.82, 2.24) is 10.6 Å². The summed E-state index contributed by atoms with van der Waals surface area (Å²) in [5.41, 5.74) is 0.917. The Kier molecular flexibility index (Phi) is 3.31. The third-order valence-electron chi connectivity index (χ3n) is 3.95. The summed E-state index contributed by atoms with van der Waals surface area (Å²) in [6.07, 6.45) is 3.34. The summed E-state index contributed by atoms with van der Waals surface area (Å²) in [6.45, 7) is 2.14. The highest BCUT2D eigenvalue weighted by Crippen LogP contribution is 2.41. The Morgan fingerprint density at radius 3 is 2.61 bits per heavy atom. The molecule has 1 saturated carbocycles. The van der Waals surface area contributed by atoms with Gasteiger partial charge in [-0.05, 0) is 50.0 Å². The second-order valence-electron chi connectivity index (χ2n) is 5.31. The SMILES string of the molecule is Fc1ccc(C2CC2NC2CCNCC2)cc1F. The maximum absolute atomic E-state index is 13.1. The lowest BCUT2D eigenvalue weighted by atomic mass is 10.1. The highest BCUT2D eigenvalue weighted by Gasteiger charge is 2.39. The minimum absolute atomic E-state index is 0.356. The number of piperidine rings is 1. The first kappa shape index (κ1) is 12.1. The summed E-state index contributed by atoms with van der Waals surface area (Å²) in [6, 6.07) is 5.28. The second-order valence-corrected chi connectivity index (χ2v) is 5.31. The molecule has 4 heteroatoms. The van der Waals surface area contributed by atoms with Gasteiger partial charge in [0.1, 0.15) is 0 Å². The van der Waals surface area contributed by atoms with Gasteiger partial charge in [-0.3, -0.25) is 0 Å². The molecule has 2 N–H and O–H groups in total. The van der Waals surface area contributed by atoms with Gasteiger partial charge in [-0.25, -0.2) is 8.78 Å². The molecule has 0 radical (unpaired) electrons. The molecule has 1 aliphatic carbocycles. The van der Waals surface area contributed by atoms with Crippen LogP contribution < -0.4 is 10.6 Å². The van der Waals surface area contributed by atoms with E-state index < -0.39 is 11.6 Å². The standard InChI is InChI=1S/C14H18F2N2/c15-12-2-1-9(7-13(12)16)11-8-14(11)18-10-3-5-17-6-4-10/h1-2,7,10-11,14,17-18H,3-6,8H2. The van der Waals surface area contributed by atoms with Gasteiger partial charge >= 0.3 is 0 Å². The van der Waals surface area contributed by atoms with Gasteiger partial charge < -0.3 is 10.6 Å². The summed E-state index contributed by atoms with van der Waals surface area (Å²) < 4.78 is 26.0. The molecule has 1 aromatic carbocycles. The zero-order valence-corrected chi connectivity index (χ0v) is 10.3. The van der Waals surface area contributed by atoms with E-state index in [0.29, 0.717) is 18.0 Å². The van der Waals surface area contributed by atoms with E-state index >= 15 is 0 Å². The van der Waals surface area contributed by atoms with Crippen molar-refractivity contribution in [3.63, 3.8) is 0 Å². The van der Waals surface area contributed by atoms with Crippen LogP contribution in [0.5, 0.6) is 0 Å². The Hall–Kier alpha value is -1.00. The molecule has 1 aromatic rings. The maximum atomic E-state index is 13.1. The van der Waals surface area contributed by atoms with Crippen molar-refractivity contribution in [1.29, 1.82) is 0 Å². The van der Waals surface area contributed by atoms with E-state index in [4.69, 9.17) is 0 Å². The van der Waals surface area contributed by atoms with Crippen molar-refractivity contribution in [2.75, 3.05) is 13.1 Å². The van der Waals surface area contributed by atoms with Crippen molar-refractivity contribution < 1.29 is 8.78 Å². The molecule has 18 heavy (non-hydrogen) atoms. The maximum Gasteiger partial charge on any atom is 0.159 e. The van der Waals surface area contributed by atoms with Crippen molar-refractivity contribution >= 4 is 0 Å². The molecular formula is C14H18F2N2. The van der Waals surface area contributed by atoms with Crippen molar-refractivity contribution in [3.05, 3.63) is 35.4 Å². The van der Waals surface area contributed by atoms with Crippen LogP contribution in [0, 0.1) is 11.6 Å². The third kappa shape index (κ3) is 2.54. The average molecular weight is 252 g/mol. The van der Waals surface area contributed by atoms with Crippen LogP contribution in [0.25, 0.3) is 0 Å². The molecule has 0 amide bonds. The fraction of sp³-hybridized carbons (Fsp3) is 0.571. The smallest absolute Gasteiger partial charge is 0.159 e. The topological polar surface area (TPSA) is 24.1 Å². The Labute approximate surface area is 106 Å². The molecule has 2 aliphatic rings. The number of benzene rings is 1. The molecule has 0 aromatic heterocycles. The number of rotatable bonds is 3. The molecule has 1 heterocycles. The minimum Gasteiger partial charge on any atom is -0.317 e. The van der Waals surface area contributed by atoms with Gasteiger partial charge in [-0.2, -0.15) is 0 Å². The van der Waals surface area contributed by atoms with Crippen molar-refractivity contribution in [2.45, 2.75) is 37.3 Å². The number of hydrogen-bond donors (Lipinski definition) is 2. The highest BCUT2D eigenvalue weighted by molar-refractivity contribution is 5.29. The molecule has 3 rings (SSSR count). The fourth-order valence-electron chi connectivity index (χ4n) is 2.78. The Morgan fingerprint density at radius 2 is 1.89 bits per heavy atom. The van der Waals surface area contributed by atoms with Gasteiger partial charge in [-0.1, -0.05) is 6.07 Å². The molecule has 2 nitrogen and oxygen atoms in total. The second kappa shape index (κ2) is 4.94. The van der Waals surface area contributed by atoms with Crippen LogP contribution in [-0.2, 0) is 0 Å². The Balaban J connectivity index is 1.58. The van der Waals surface area contributed by atoms with Gasteiger partial charge in [0.2, 0.25) is 0 Å². The normalized spacial score (nSPS) is 28.3. The van der Waals surface area contributed by atoms with E-state index in [2.05, 4.69) is 10.6 Å². The average Bonchev–Trinajstić information content (AvgIpc) is 3.13. The predicted molar refractivity (Wildman–Crippen MR) is 66.5 cm³/mol. The summed E-state index contributed by atoms with van der Waals surface area (Å²) >= 11 is 0. The minimum atomic E-state index is -0.762.